The van der Waals surface area contributed by atoms with Gasteiger partial charge in [-0.1, -0.05) is 6.07 Å². The second kappa shape index (κ2) is 2.64. The van der Waals surface area contributed by atoms with Crippen molar-refractivity contribution < 1.29 is 4.21 Å². The SMILES string of the molecule is NS(=O)(I)(I)c1cccs1. The largest absolute Gasteiger partial charge is 0.253 e. The molecule has 1 aromatic rings. The van der Waals surface area contributed by atoms with Crippen molar-refractivity contribution in [3.63, 3.8) is 0 Å². The van der Waals surface area contributed by atoms with E-state index in [9.17, 15) is 4.21 Å². The highest BCUT2D eigenvalue weighted by atomic mass is 127. The minimum absolute atomic E-state index is 0.748. The van der Waals surface area contributed by atoms with Crippen molar-refractivity contribution in [2.24, 2.45) is 5.14 Å². The van der Waals surface area contributed by atoms with Gasteiger partial charge < -0.3 is 0 Å². The summed E-state index contributed by atoms with van der Waals surface area (Å²) in [6.07, 6.45) is 0. The zero-order valence-electron chi connectivity index (χ0n) is 4.79. The van der Waals surface area contributed by atoms with E-state index in [4.69, 9.17) is 5.14 Å². The van der Waals surface area contributed by atoms with Crippen LogP contribution in [0.5, 0.6) is 0 Å². The molecule has 2 nitrogen and oxygen atoms in total. The number of hydrogen-bond acceptors (Lipinski definition) is 2. The van der Waals surface area contributed by atoms with E-state index in [2.05, 4.69) is 0 Å². The lowest BCUT2D eigenvalue weighted by atomic mass is 10.7. The van der Waals surface area contributed by atoms with E-state index in [1.54, 1.807) is 48.5 Å². The summed E-state index contributed by atoms with van der Waals surface area (Å²) in [5, 5.41) is 7.45. The molecule has 0 aliphatic rings. The van der Waals surface area contributed by atoms with Crippen LogP contribution >= 0.6 is 53.7 Å². The van der Waals surface area contributed by atoms with Crippen LogP contribution in [0.25, 0.3) is 0 Å². The summed E-state index contributed by atoms with van der Waals surface area (Å²) in [5.74, 6) is 0. The third kappa shape index (κ3) is 2.40. The van der Waals surface area contributed by atoms with E-state index in [1.165, 1.54) is 11.3 Å². The topological polar surface area (TPSA) is 43.1 Å². The predicted octanol–water partition coefficient (Wildman–Crippen LogP) is 2.50. The first-order chi connectivity index (χ1) is 4.36. The van der Waals surface area contributed by atoms with Crippen molar-refractivity contribution in [2.75, 3.05) is 0 Å². The average molecular weight is 401 g/mol. The smallest absolute Gasteiger partial charge is 0.0994 e. The summed E-state index contributed by atoms with van der Waals surface area (Å²) in [4.78, 5) is 0. The summed E-state index contributed by atoms with van der Waals surface area (Å²) in [6, 6.07) is 3.64. The molecule has 0 unspecified atom stereocenters. The zero-order chi connectivity index (χ0) is 7.85. The molecule has 0 fully saturated rings. The summed E-state index contributed by atoms with van der Waals surface area (Å²) in [6.45, 7) is 0. The fourth-order valence-corrected chi connectivity index (χ4v) is 4.82. The molecular formula is C4H5I2NOS2. The van der Waals surface area contributed by atoms with E-state index in [0.717, 1.165) is 4.21 Å². The molecule has 1 rings (SSSR count). The molecule has 0 saturated carbocycles. The first kappa shape index (κ1) is 9.36. The van der Waals surface area contributed by atoms with E-state index >= 15 is 0 Å². The summed E-state index contributed by atoms with van der Waals surface area (Å²) in [7, 11) is 0. The predicted molar refractivity (Wildman–Crippen MR) is 63.0 cm³/mol. The maximum atomic E-state index is 11.6. The molecule has 10 heavy (non-hydrogen) atoms. The molecule has 6 heteroatoms. The molecule has 2 N–H and O–H groups in total. The van der Waals surface area contributed by atoms with Gasteiger partial charge in [0.25, 0.3) is 0 Å². The Morgan fingerprint density at radius 2 is 2.20 bits per heavy atom. The van der Waals surface area contributed by atoms with Crippen molar-refractivity contribution in [2.45, 2.75) is 4.21 Å². The van der Waals surface area contributed by atoms with Gasteiger partial charge in [-0.15, -0.1) is 11.3 Å². The van der Waals surface area contributed by atoms with Gasteiger partial charge >= 0.3 is 0 Å². The fourth-order valence-electron chi connectivity index (χ4n) is 0.466. The van der Waals surface area contributed by atoms with Crippen molar-refractivity contribution in [3.8, 4) is 0 Å². The lowest BCUT2D eigenvalue weighted by Gasteiger charge is -2.20. The van der Waals surface area contributed by atoms with Gasteiger partial charge in [0, 0.05) is 42.4 Å². The summed E-state index contributed by atoms with van der Waals surface area (Å²) in [5.41, 5.74) is 0. The van der Waals surface area contributed by atoms with Crippen LogP contribution in [-0.4, -0.2) is 4.21 Å². The van der Waals surface area contributed by atoms with Gasteiger partial charge in [-0.3, -0.25) is 5.14 Å². The van der Waals surface area contributed by atoms with Gasteiger partial charge in [0.05, 0.1) is 7.80 Å². The number of nitrogens with two attached hydrogens (primary N) is 1. The lowest BCUT2D eigenvalue weighted by molar-refractivity contribution is 0.683. The second-order valence-electron chi connectivity index (χ2n) is 1.75. The second-order valence-corrected chi connectivity index (χ2v) is 20.6. The highest BCUT2D eigenvalue weighted by molar-refractivity contribution is 14.3. The van der Waals surface area contributed by atoms with Gasteiger partial charge in [0.15, 0.2) is 0 Å². The first-order valence-corrected chi connectivity index (χ1v) is 10.3. The standard InChI is InChI=1S/C4H5I2NOS2/c5-10(6,7,8)4-2-1-3-9-4/h1-3H,(H2,7,8). The van der Waals surface area contributed by atoms with Crippen molar-refractivity contribution in [1.82, 2.24) is 0 Å². The highest BCUT2D eigenvalue weighted by Gasteiger charge is 2.26. The Kier molecular flexibility index (Phi) is 2.47. The molecule has 0 atom stereocenters. The minimum Gasteiger partial charge on any atom is -0.253 e. The Morgan fingerprint density at radius 3 is 2.40 bits per heavy atom. The molecule has 0 saturated heterocycles. The minimum atomic E-state index is -3.00. The number of hydrogen-bond donors (Lipinski definition) is 1. The van der Waals surface area contributed by atoms with Crippen molar-refractivity contribution in [3.05, 3.63) is 17.5 Å². The molecule has 0 aliphatic carbocycles. The number of rotatable bonds is 1. The fraction of sp³-hybridized carbons (Fsp3) is 0. The molecule has 0 bridgehead atoms. The maximum Gasteiger partial charge on any atom is 0.0994 e. The van der Waals surface area contributed by atoms with Gasteiger partial charge in [0.2, 0.25) is 0 Å². The Balaban J connectivity index is 3.23. The van der Waals surface area contributed by atoms with Crippen LogP contribution in [0.2, 0.25) is 0 Å². The van der Waals surface area contributed by atoms with Crippen LogP contribution in [0.15, 0.2) is 21.7 Å². The van der Waals surface area contributed by atoms with Crippen LogP contribution < -0.4 is 5.14 Å². The molecule has 0 aliphatic heterocycles. The Bertz CT molecular complexity index is 277. The Hall–Kier alpha value is 1.27. The summed E-state index contributed by atoms with van der Waals surface area (Å²) >= 11 is 5.03. The van der Waals surface area contributed by atoms with Crippen LogP contribution in [-0.2, 0) is 3.59 Å². The normalized spacial score (nSPS) is 16.1. The van der Waals surface area contributed by atoms with Gasteiger partial charge in [-0.25, -0.2) is 4.21 Å². The van der Waals surface area contributed by atoms with Crippen molar-refractivity contribution >= 4 is 57.3 Å². The Morgan fingerprint density at radius 1 is 1.60 bits per heavy atom. The average Bonchev–Trinajstić information content (AvgIpc) is 2.04. The van der Waals surface area contributed by atoms with Crippen LogP contribution in [0.3, 0.4) is 0 Å². The quantitative estimate of drug-likeness (QED) is 0.571. The molecule has 0 amide bonds. The van der Waals surface area contributed by atoms with Crippen molar-refractivity contribution in [1.29, 1.82) is 0 Å². The van der Waals surface area contributed by atoms with Crippen LogP contribution in [0, 0.1) is 0 Å². The van der Waals surface area contributed by atoms with E-state index < -0.39 is 3.59 Å². The van der Waals surface area contributed by atoms with Gasteiger partial charge in [0.1, 0.15) is 0 Å². The Labute approximate surface area is 87.3 Å². The third-order valence-corrected chi connectivity index (χ3v) is 8.27. The highest BCUT2D eigenvalue weighted by Crippen LogP contribution is 2.45. The van der Waals surface area contributed by atoms with E-state index in [0.29, 0.717) is 0 Å². The van der Waals surface area contributed by atoms with Gasteiger partial charge in [-0.2, -0.15) is 0 Å². The lowest BCUT2D eigenvalue weighted by Crippen LogP contribution is -2.25. The van der Waals surface area contributed by atoms with Gasteiger partial charge in [-0.05, 0) is 11.4 Å². The molecule has 1 heterocycles. The molecule has 58 valence electrons. The molecule has 0 aromatic carbocycles. The van der Waals surface area contributed by atoms with E-state index in [-0.39, 0.29) is 0 Å². The first-order valence-electron chi connectivity index (χ1n) is 2.31. The number of thiophene rings is 1. The summed E-state index contributed by atoms with van der Waals surface area (Å²) < 4.78 is 9.36. The van der Waals surface area contributed by atoms with Crippen LogP contribution in [0.4, 0.5) is 0 Å². The number of halogens is 2. The monoisotopic (exact) mass is 401 g/mol. The maximum absolute atomic E-state index is 11.6. The van der Waals surface area contributed by atoms with Crippen LogP contribution in [0.1, 0.15) is 0 Å². The van der Waals surface area contributed by atoms with E-state index in [1.807, 2.05) is 11.4 Å². The zero-order valence-corrected chi connectivity index (χ0v) is 10.7. The molecule has 0 spiro atoms. The molecule has 0 radical (unpaired) electrons. The third-order valence-electron chi connectivity index (χ3n) is 0.845. The molecular weight excluding hydrogens is 396 g/mol. The molecule has 1 aromatic heterocycles.